The SMILES string of the molecule is C=CCN(CCC(=O)N1CCN(C(=O)c2ccco2)CC1)S(C)(=O)=O. The molecule has 2 amide bonds. The van der Waals surface area contributed by atoms with Gasteiger partial charge in [-0.15, -0.1) is 6.58 Å². The van der Waals surface area contributed by atoms with Crippen molar-refractivity contribution >= 4 is 21.8 Å². The molecule has 0 aliphatic carbocycles. The van der Waals surface area contributed by atoms with Crippen LogP contribution in [0, 0.1) is 0 Å². The summed E-state index contributed by atoms with van der Waals surface area (Å²) in [6.07, 6.45) is 4.15. The van der Waals surface area contributed by atoms with Crippen molar-refractivity contribution in [3.05, 3.63) is 36.8 Å². The maximum Gasteiger partial charge on any atom is 0.289 e. The molecule has 1 saturated heterocycles. The molecule has 2 rings (SSSR count). The van der Waals surface area contributed by atoms with Crippen molar-refractivity contribution in [2.24, 2.45) is 0 Å². The lowest BCUT2D eigenvalue weighted by molar-refractivity contribution is -0.132. The van der Waals surface area contributed by atoms with Crippen LogP contribution >= 0.6 is 0 Å². The van der Waals surface area contributed by atoms with Gasteiger partial charge in [0.05, 0.1) is 12.5 Å². The number of hydrogen-bond acceptors (Lipinski definition) is 5. The van der Waals surface area contributed by atoms with E-state index in [0.717, 1.165) is 6.26 Å². The van der Waals surface area contributed by atoms with Gasteiger partial charge in [-0.3, -0.25) is 9.59 Å². The molecule has 0 bridgehead atoms. The Kier molecular flexibility index (Phi) is 6.38. The molecule has 0 radical (unpaired) electrons. The third-order valence-electron chi connectivity index (χ3n) is 4.03. The maximum absolute atomic E-state index is 12.3. The van der Waals surface area contributed by atoms with Crippen LogP contribution in [0.1, 0.15) is 17.0 Å². The zero-order valence-corrected chi connectivity index (χ0v) is 15.1. The van der Waals surface area contributed by atoms with E-state index in [2.05, 4.69) is 6.58 Å². The summed E-state index contributed by atoms with van der Waals surface area (Å²) in [5, 5.41) is 0. The lowest BCUT2D eigenvalue weighted by Crippen LogP contribution is -2.51. The Balaban J connectivity index is 1.83. The van der Waals surface area contributed by atoms with Gasteiger partial charge in [-0.05, 0) is 12.1 Å². The second-order valence-electron chi connectivity index (χ2n) is 5.81. The van der Waals surface area contributed by atoms with E-state index >= 15 is 0 Å². The number of sulfonamides is 1. The summed E-state index contributed by atoms with van der Waals surface area (Å²) in [7, 11) is -3.37. The van der Waals surface area contributed by atoms with Crippen molar-refractivity contribution in [1.82, 2.24) is 14.1 Å². The quantitative estimate of drug-likeness (QED) is 0.649. The standard InChI is InChI=1S/C16H23N3O5S/c1-3-7-19(25(2,22)23)8-6-15(20)17-9-11-18(12-10-17)16(21)14-5-4-13-24-14/h3-5,13H,1,6-12H2,2H3. The summed E-state index contributed by atoms with van der Waals surface area (Å²) in [5.74, 6) is -0.0258. The van der Waals surface area contributed by atoms with Gasteiger partial charge in [0.1, 0.15) is 0 Å². The minimum absolute atomic E-state index is 0.104. The fraction of sp³-hybridized carbons (Fsp3) is 0.500. The van der Waals surface area contributed by atoms with Gasteiger partial charge in [-0.25, -0.2) is 8.42 Å². The molecule has 0 atom stereocenters. The van der Waals surface area contributed by atoms with Crippen LogP contribution in [0.2, 0.25) is 0 Å². The molecule has 1 aromatic heterocycles. The zero-order valence-electron chi connectivity index (χ0n) is 14.3. The van der Waals surface area contributed by atoms with Crippen LogP contribution in [0.3, 0.4) is 0 Å². The molecule has 0 unspecified atom stereocenters. The van der Waals surface area contributed by atoms with Crippen molar-refractivity contribution < 1.29 is 22.4 Å². The van der Waals surface area contributed by atoms with Crippen LogP contribution in [0.4, 0.5) is 0 Å². The van der Waals surface area contributed by atoms with Crippen molar-refractivity contribution in [3.8, 4) is 0 Å². The molecule has 1 aliphatic heterocycles. The molecule has 1 aromatic rings. The summed E-state index contributed by atoms with van der Waals surface area (Å²) in [5.41, 5.74) is 0. The van der Waals surface area contributed by atoms with E-state index in [1.807, 2.05) is 0 Å². The van der Waals surface area contributed by atoms with Crippen LogP contribution in [-0.4, -0.2) is 79.9 Å². The number of carbonyl (C=O) groups is 2. The molecule has 138 valence electrons. The molecule has 1 aliphatic rings. The van der Waals surface area contributed by atoms with Crippen molar-refractivity contribution in [3.63, 3.8) is 0 Å². The molecule has 8 nitrogen and oxygen atoms in total. The Morgan fingerprint density at radius 1 is 1.28 bits per heavy atom. The minimum atomic E-state index is -3.37. The van der Waals surface area contributed by atoms with E-state index in [1.54, 1.807) is 21.9 Å². The smallest absolute Gasteiger partial charge is 0.289 e. The molecule has 0 N–H and O–H groups in total. The van der Waals surface area contributed by atoms with Gasteiger partial charge in [0.25, 0.3) is 5.91 Å². The molecule has 9 heteroatoms. The first kappa shape index (κ1) is 19.2. The normalized spacial score (nSPS) is 15.4. The summed E-state index contributed by atoms with van der Waals surface area (Å²) in [6.45, 7) is 5.52. The molecule has 2 heterocycles. The van der Waals surface area contributed by atoms with E-state index in [0.29, 0.717) is 26.2 Å². The topological polar surface area (TPSA) is 91.1 Å². The highest BCUT2D eigenvalue weighted by molar-refractivity contribution is 7.88. The second kappa shape index (κ2) is 8.30. The third-order valence-corrected chi connectivity index (χ3v) is 5.30. The van der Waals surface area contributed by atoms with E-state index in [9.17, 15) is 18.0 Å². The van der Waals surface area contributed by atoms with Gasteiger partial charge < -0.3 is 14.2 Å². The van der Waals surface area contributed by atoms with Gasteiger partial charge in [0.2, 0.25) is 15.9 Å². The number of furan rings is 1. The molecule has 0 spiro atoms. The number of hydrogen-bond donors (Lipinski definition) is 0. The largest absolute Gasteiger partial charge is 0.459 e. The highest BCUT2D eigenvalue weighted by atomic mass is 32.2. The third kappa shape index (κ3) is 5.17. The van der Waals surface area contributed by atoms with Crippen molar-refractivity contribution in [2.45, 2.75) is 6.42 Å². The van der Waals surface area contributed by atoms with Crippen LogP contribution in [-0.2, 0) is 14.8 Å². The summed E-state index contributed by atoms with van der Waals surface area (Å²) in [6, 6.07) is 3.27. The molecular weight excluding hydrogens is 346 g/mol. The first-order chi connectivity index (χ1) is 11.8. The fourth-order valence-electron chi connectivity index (χ4n) is 2.63. The zero-order chi connectivity index (χ0) is 18.4. The van der Waals surface area contributed by atoms with Crippen LogP contribution in [0.15, 0.2) is 35.5 Å². The van der Waals surface area contributed by atoms with Crippen molar-refractivity contribution in [2.75, 3.05) is 45.5 Å². The average molecular weight is 369 g/mol. The Morgan fingerprint density at radius 3 is 2.44 bits per heavy atom. The van der Waals surface area contributed by atoms with Crippen LogP contribution in [0.25, 0.3) is 0 Å². The van der Waals surface area contributed by atoms with E-state index < -0.39 is 10.0 Å². The van der Waals surface area contributed by atoms with E-state index in [4.69, 9.17) is 4.42 Å². The van der Waals surface area contributed by atoms with Crippen LogP contribution in [0.5, 0.6) is 0 Å². The van der Waals surface area contributed by atoms with Gasteiger partial charge in [0, 0.05) is 45.7 Å². The van der Waals surface area contributed by atoms with Gasteiger partial charge in [0.15, 0.2) is 5.76 Å². The highest BCUT2D eigenvalue weighted by Gasteiger charge is 2.26. The second-order valence-corrected chi connectivity index (χ2v) is 7.79. The Morgan fingerprint density at radius 2 is 1.92 bits per heavy atom. The van der Waals surface area contributed by atoms with Gasteiger partial charge in [-0.2, -0.15) is 4.31 Å². The maximum atomic E-state index is 12.3. The lowest BCUT2D eigenvalue weighted by atomic mass is 10.2. The molecule has 1 fully saturated rings. The molecule has 0 aromatic carbocycles. The molecular formula is C16H23N3O5S. The monoisotopic (exact) mass is 369 g/mol. The fourth-order valence-corrected chi connectivity index (χ4v) is 3.43. The number of nitrogens with zero attached hydrogens (tertiary/aromatic N) is 3. The number of piperazine rings is 1. The highest BCUT2D eigenvalue weighted by Crippen LogP contribution is 2.11. The Bertz CT molecular complexity index is 706. The number of rotatable bonds is 7. The Labute approximate surface area is 147 Å². The summed E-state index contributed by atoms with van der Waals surface area (Å²) < 4.78 is 29.6. The minimum Gasteiger partial charge on any atom is -0.459 e. The average Bonchev–Trinajstić information content (AvgIpc) is 3.11. The van der Waals surface area contributed by atoms with E-state index in [1.165, 1.54) is 16.6 Å². The molecule has 0 saturated carbocycles. The summed E-state index contributed by atoms with van der Waals surface area (Å²) in [4.78, 5) is 27.8. The summed E-state index contributed by atoms with van der Waals surface area (Å²) >= 11 is 0. The first-order valence-corrected chi connectivity index (χ1v) is 9.84. The Hall–Kier alpha value is -2.13. The van der Waals surface area contributed by atoms with E-state index in [-0.39, 0.29) is 37.1 Å². The lowest BCUT2D eigenvalue weighted by Gasteiger charge is -2.34. The first-order valence-electron chi connectivity index (χ1n) is 7.99. The molecule has 25 heavy (non-hydrogen) atoms. The predicted octanol–water partition coefficient (Wildman–Crippen LogP) is 0.402. The van der Waals surface area contributed by atoms with Crippen LogP contribution < -0.4 is 0 Å². The van der Waals surface area contributed by atoms with Gasteiger partial charge in [-0.1, -0.05) is 6.08 Å². The number of carbonyl (C=O) groups excluding carboxylic acids is 2. The van der Waals surface area contributed by atoms with Gasteiger partial charge >= 0.3 is 0 Å². The number of amides is 2. The van der Waals surface area contributed by atoms with Crippen molar-refractivity contribution in [1.29, 1.82) is 0 Å². The predicted molar refractivity (Wildman–Crippen MR) is 92.4 cm³/mol.